The summed E-state index contributed by atoms with van der Waals surface area (Å²) in [5.74, 6) is -1.95. The molecule has 1 heterocycles. The van der Waals surface area contributed by atoms with Gasteiger partial charge < -0.3 is 24.8 Å². The number of hydrogen-bond donors (Lipinski definition) is 2. The van der Waals surface area contributed by atoms with E-state index >= 15 is 0 Å². The molecule has 1 aliphatic heterocycles. The van der Waals surface area contributed by atoms with Crippen LogP contribution in [0.25, 0.3) is 0 Å². The van der Waals surface area contributed by atoms with Crippen molar-refractivity contribution in [2.45, 2.75) is 45.3 Å². The first kappa shape index (κ1) is 23.7. The molecule has 0 aliphatic carbocycles. The molecule has 1 aromatic carbocycles. The van der Waals surface area contributed by atoms with Gasteiger partial charge in [-0.1, -0.05) is 30.3 Å². The molecular weight excluding hydrogens is 388 g/mol. The summed E-state index contributed by atoms with van der Waals surface area (Å²) in [5.41, 5.74) is 0.191. The highest BCUT2D eigenvalue weighted by atomic mass is 16.6. The number of rotatable bonds is 6. The fourth-order valence-corrected chi connectivity index (χ4v) is 3.53. The van der Waals surface area contributed by atoms with Gasteiger partial charge in [0.2, 0.25) is 5.91 Å². The molecule has 2 N–H and O–H groups in total. The van der Waals surface area contributed by atoms with Gasteiger partial charge in [0.25, 0.3) is 0 Å². The molecule has 1 aliphatic rings. The van der Waals surface area contributed by atoms with E-state index in [1.165, 1.54) is 12.0 Å². The Kier molecular flexibility index (Phi) is 8.23. The molecule has 0 saturated carbocycles. The number of nitrogens with zero attached hydrogens (tertiary/aromatic N) is 1. The SMILES string of the molecule is COC(=O)[C@@H]1C[C@H](C(=O)NC(CCO)c2ccccc2)CN(C(=O)OC(C)(C)C)C1. The predicted molar refractivity (Wildman–Crippen MR) is 110 cm³/mol. The van der Waals surface area contributed by atoms with Gasteiger partial charge in [0.05, 0.1) is 25.0 Å². The second-order valence-electron chi connectivity index (χ2n) is 8.52. The molecule has 1 aromatic rings. The fourth-order valence-electron chi connectivity index (χ4n) is 3.53. The number of piperidine rings is 1. The largest absolute Gasteiger partial charge is 0.469 e. The number of aliphatic hydroxyl groups is 1. The fraction of sp³-hybridized carbons (Fsp3) is 0.591. The van der Waals surface area contributed by atoms with E-state index in [9.17, 15) is 19.5 Å². The highest BCUT2D eigenvalue weighted by molar-refractivity contribution is 5.82. The first-order valence-corrected chi connectivity index (χ1v) is 10.2. The summed E-state index contributed by atoms with van der Waals surface area (Å²) in [7, 11) is 1.29. The number of ether oxygens (including phenoxy) is 2. The zero-order valence-electron chi connectivity index (χ0n) is 18.1. The zero-order chi connectivity index (χ0) is 22.3. The van der Waals surface area contributed by atoms with Crippen molar-refractivity contribution < 1.29 is 29.0 Å². The molecule has 1 unspecified atom stereocenters. The lowest BCUT2D eigenvalue weighted by molar-refractivity contribution is -0.148. The zero-order valence-corrected chi connectivity index (χ0v) is 18.1. The van der Waals surface area contributed by atoms with Crippen molar-refractivity contribution in [3.63, 3.8) is 0 Å². The third-order valence-corrected chi connectivity index (χ3v) is 4.94. The van der Waals surface area contributed by atoms with Crippen LogP contribution in [0.2, 0.25) is 0 Å². The normalized spacial score (nSPS) is 20.2. The van der Waals surface area contributed by atoms with Crippen LogP contribution < -0.4 is 5.32 Å². The molecule has 1 saturated heterocycles. The van der Waals surface area contributed by atoms with Crippen LogP contribution in [0.5, 0.6) is 0 Å². The Hall–Kier alpha value is -2.61. The average Bonchev–Trinajstić information content (AvgIpc) is 2.71. The van der Waals surface area contributed by atoms with Gasteiger partial charge in [-0.15, -0.1) is 0 Å². The lowest BCUT2D eigenvalue weighted by Crippen LogP contribution is -2.51. The Morgan fingerprint density at radius 2 is 1.80 bits per heavy atom. The smallest absolute Gasteiger partial charge is 0.410 e. The minimum Gasteiger partial charge on any atom is -0.469 e. The molecule has 166 valence electrons. The molecule has 8 nitrogen and oxygen atoms in total. The van der Waals surface area contributed by atoms with Gasteiger partial charge in [-0.05, 0) is 39.2 Å². The van der Waals surface area contributed by atoms with Crippen molar-refractivity contribution in [1.29, 1.82) is 0 Å². The second-order valence-corrected chi connectivity index (χ2v) is 8.52. The summed E-state index contributed by atoms with van der Waals surface area (Å²) in [6.07, 6.45) is 0.0702. The van der Waals surface area contributed by atoms with Crippen molar-refractivity contribution in [1.82, 2.24) is 10.2 Å². The lowest BCUT2D eigenvalue weighted by atomic mass is 9.88. The van der Waals surface area contributed by atoms with Crippen molar-refractivity contribution >= 4 is 18.0 Å². The first-order chi connectivity index (χ1) is 14.1. The van der Waals surface area contributed by atoms with E-state index in [1.54, 1.807) is 20.8 Å². The monoisotopic (exact) mass is 420 g/mol. The molecule has 3 atom stereocenters. The molecule has 8 heteroatoms. The maximum atomic E-state index is 13.0. The minimum absolute atomic E-state index is 0.0840. The molecule has 0 radical (unpaired) electrons. The summed E-state index contributed by atoms with van der Waals surface area (Å²) in [6, 6.07) is 9.00. The predicted octanol–water partition coefficient (Wildman–Crippen LogP) is 2.27. The number of carbonyl (C=O) groups excluding carboxylic acids is 3. The topological polar surface area (TPSA) is 105 Å². The highest BCUT2D eigenvalue weighted by Crippen LogP contribution is 2.26. The van der Waals surface area contributed by atoms with Crippen molar-refractivity contribution in [2.75, 3.05) is 26.8 Å². The van der Waals surface area contributed by atoms with Crippen LogP contribution in [-0.2, 0) is 19.1 Å². The number of hydrogen-bond acceptors (Lipinski definition) is 6. The highest BCUT2D eigenvalue weighted by Gasteiger charge is 2.39. The quantitative estimate of drug-likeness (QED) is 0.684. The summed E-state index contributed by atoms with van der Waals surface area (Å²) >= 11 is 0. The Morgan fingerprint density at radius 3 is 2.37 bits per heavy atom. The molecule has 30 heavy (non-hydrogen) atoms. The molecule has 0 aromatic heterocycles. The van der Waals surface area contributed by atoms with Crippen molar-refractivity contribution in [2.24, 2.45) is 11.8 Å². The van der Waals surface area contributed by atoms with Gasteiger partial charge in [0.15, 0.2) is 0 Å². The number of aliphatic hydroxyl groups excluding tert-OH is 1. The number of methoxy groups -OCH3 is 1. The van der Waals surface area contributed by atoms with Crippen LogP contribution in [0.1, 0.15) is 45.2 Å². The van der Waals surface area contributed by atoms with Crippen LogP contribution in [0.3, 0.4) is 0 Å². The lowest BCUT2D eigenvalue weighted by Gasteiger charge is -2.37. The van der Waals surface area contributed by atoms with Crippen LogP contribution in [0, 0.1) is 11.8 Å². The van der Waals surface area contributed by atoms with Gasteiger partial charge in [0.1, 0.15) is 5.60 Å². The van der Waals surface area contributed by atoms with Gasteiger partial charge in [-0.25, -0.2) is 4.79 Å². The number of carbonyl (C=O) groups is 3. The van der Waals surface area contributed by atoms with Gasteiger partial charge in [-0.2, -0.15) is 0 Å². The maximum Gasteiger partial charge on any atom is 0.410 e. The number of nitrogens with one attached hydrogen (secondary N) is 1. The molecular formula is C22H32N2O6. The van der Waals surface area contributed by atoms with E-state index in [4.69, 9.17) is 9.47 Å². The first-order valence-electron chi connectivity index (χ1n) is 10.2. The van der Waals surface area contributed by atoms with Crippen LogP contribution in [-0.4, -0.2) is 60.4 Å². The second kappa shape index (κ2) is 10.4. The molecule has 0 spiro atoms. The van der Waals surface area contributed by atoms with Crippen LogP contribution in [0.4, 0.5) is 4.79 Å². The third-order valence-electron chi connectivity index (χ3n) is 4.94. The molecule has 2 amide bonds. The van der Waals surface area contributed by atoms with E-state index in [0.29, 0.717) is 6.42 Å². The van der Waals surface area contributed by atoms with E-state index in [0.717, 1.165) is 5.56 Å². The number of likely N-dealkylation sites (tertiary alicyclic amines) is 1. The van der Waals surface area contributed by atoms with Crippen molar-refractivity contribution in [3.8, 4) is 0 Å². The maximum absolute atomic E-state index is 13.0. The van der Waals surface area contributed by atoms with Crippen molar-refractivity contribution in [3.05, 3.63) is 35.9 Å². The standard InChI is InChI=1S/C22H32N2O6/c1-22(2,3)30-21(28)24-13-16(12-17(14-24)20(27)29-4)19(26)23-18(10-11-25)15-8-6-5-7-9-15/h5-9,16-18,25H,10-14H2,1-4H3,(H,23,26)/t16-,17+,18?/m0/s1. The van der Waals surface area contributed by atoms with Gasteiger partial charge in [-0.3, -0.25) is 9.59 Å². The summed E-state index contributed by atoms with van der Waals surface area (Å²) in [6.45, 7) is 5.49. The van der Waals surface area contributed by atoms with E-state index in [-0.39, 0.29) is 38.1 Å². The van der Waals surface area contributed by atoms with E-state index < -0.39 is 29.5 Å². The Morgan fingerprint density at radius 1 is 1.17 bits per heavy atom. The van der Waals surface area contributed by atoms with E-state index in [1.807, 2.05) is 30.3 Å². The van der Waals surface area contributed by atoms with Gasteiger partial charge in [0, 0.05) is 19.7 Å². The minimum atomic E-state index is -0.688. The Balaban J connectivity index is 2.16. The summed E-state index contributed by atoms with van der Waals surface area (Å²) in [4.78, 5) is 39.2. The molecule has 1 fully saturated rings. The average molecular weight is 421 g/mol. The summed E-state index contributed by atoms with van der Waals surface area (Å²) in [5, 5.41) is 12.4. The van der Waals surface area contributed by atoms with E-state index in [2.05, 4.69) is 5.32 Å². The van der Waals surface area contributed by atoms with Gasteiger partial charge >= 0.3 is 12.1 Å². The molecule has 0 bridgehead atoms. The van der Waals surface area contributed by atoms with Crippen LogP contribution in [0.15, 0.2) is 30.3 Å². The third kappa shape index (κ3) is 6.73. The number of esters is 1. The number of amides is 2. The Labute approximate surface area is 177 Å². The van der Waals surface area contributed by atoms with Crippen LogP contribution >= 0.6 is 0 Å². The number of benzene rings is 1. The summed E-state index contributed by atoms with van der Waals surface area (Å²) < 4.78 is 10.3. The Bertz CT molecular complexity index is 731. The molecule has 2 rings (SSSR count).